The van der Waals surface area contributed by atoms with Gasteiger partial charge in [-0.05, 0) is 51.8 Å². The average molecular weight is 440 g/mol. The molecule has 0 saturated carbocycles. The molecule has 0 spiro atoms. The van der Waals surface area contributed by atoms with Gasteiger partial charge in [0.1, 0.15) is 5.75 Å². The fourth-order valence-corrected chi connectivity index (χ4v) is 5.39. The number of amides is 1. The van der Waals surface area contributed by atoms with Gasteiger partial charge in [0.25, 0.3) is 0 Å². The number of piperidine rings is 1. The van der Waals surface area contributed by atoms with Crippen molar-refractivity contribution in [2.24, 2.45) is 0 Å². The van der Waals surface area contributed by atoms with E-state index in [1.807, 2.05) is 20.8 Å². The van der Waals surface area contributed by atoms with E-state index in [-0.39, 0.29) is 22.9 Å². The predicted octanol–water partition coefficient (Wildman–Crippen LogP) is 2.31. The maximum Gasteiger partial charge on any atom is 0.243 e. The van der Waals surface area contributed by atoms with Crippen molar-refractivity contribution in [3.8, 4) is 5.75 Å². The van der Waals surface area contributed by atoms with E-state index in [1.54, 1.807) is 12.1 Å². The van der Waals surface area contributed by atoms with Crippen molar-refractivity contribution in [1.29, 1.82) is 0 Å². The lowest BCUT2D eigenvalue weighted by atomic mass is 10.0. The number of benzene rings is 1. The molecule has 8 nitrogen and oxygen atoms in total. The summed E-state index contributed by atoms with van der Waals surface area (Å²) >= 11 is 0. The molecule has 2 heterocycles. The largest absolute Gasteiger partial charge is 0.492 e. The number of hydrogen-bond acceptors (Lipinski definition) is 6. The van der Waals surface area contributed by atoms with Gasteiger partial charge in [0.2, 0.25) is 15.9 Å². The summed E-state index contributed by atoms with van der Waals surface area (Å²) in [5.41, 5.74) is 0.142. The van der Waals surface area contributed by atoms with E-state index >= 15 is 0 Å². The van der Waals surface area contributed by atoms with E-state index in [0.717, 1.165) is 19.3 Å². The minimum atomic E-state index is -3.60. The summed E-state index contributed by atoms with van der Waals surface area (Å²) in [7, 11) is -3.60. The standard InChI is InChI=1S/C21H33N3O5S/c1-4-29-19-9-8-17(30(26,27)24-10-6-5-7-11-24)14-18(19)22-20(25)15-23-12-13-28-16-21(23,2)3/h8-9,14H,4-7,10-13,15-16H2,1-3H3,(H,22,25). The highest BCUT2D eigenvalue weighted by atomic mass is 32.2. The number of carbonyl (C=O) groups is 1. The molecule has 2 aliphatic heterocycles. The van der Waals surface area contributed by atoms with Gasteiger partial charge in [0, 0.05) is 25.2 Å². The van der Waals surface area contributed by atoms with Crippen LogP contribution < -0.4 is 10.1 Å². The quantitative estimate of drug-likeness (QED) is 0.701. The van der Waals surface area contributed by atoms with E-state index < -0.39 is 10.0 Å². The first-order chi connectivity index (χ1) is 14.2. The zero-order chi connectivity index (χ0) is 21.8. The van der Waals surface area contributed by atoms with Crippen molar-refractivity contribution in [2.45, 2.75) is 50.5 Å². The Morgan fingerprint density at radius 3 is 2.60 bits per heavy atom. The third-order valence-corrected chi connectivity index (χ3v) is 7.52. The lowest BCUT2D eigenvalue weighted by Crippen LogP contribution is -2.55. The lowest BCUT2D eigenvalue weighted by Gasteiger charge is -2.41. The number of rotatable bonds is 7. The normalized spacial score (nSPS) is 20.6. The second-order valence-corrected chi connectivity index (χ2v) is 10.3. The number of ether oxygens (including phenoxy) is 2. The van der Waals surface area contributed by atoms with E-state index in [9.17, 15) is 13.2 Å². The predicted molar refractivity (Wildman–Crippen MR) is 115 cm³/mol. The third kappa shape index (κ3) is 5.32. The second kappa shape index (κ2) is 9.64. The van der Waals surface area contributed by atoms with Crippen molar-refractivity contribution in [2.75, 3.05) is 51.3 Å². The lowest BCUT2D eigenvalue weighted by molar-refractivity contribution is -0.122. The van der Waals surface area contributed by atoms with Crippen molar-refractivity contribution in [1.82, 2.24) is 9.21 Å². The molecule has 2 saturated heterocycles. The molecule has 1 amide bonds. The number of sulfonamides is 1. The molecule has 0 aliphatic carbocycles. The SMILES string of the molecule is CCOc1ccc(S(=O)(=O)N2CCCCC2)cc1NC(=O)CN1CCOCC1(C)C. The first-order valence-corrected chi connectivity index (χ1v) is 12.1. The first-order valence-electron chi connectivity index (χ1n) is 10.6. The molecule has 30 heavy (non-hydrogen) atoms. The van der Waals surface area contributed by atoms with Gasteiger partial charge in [0.05, 0.1) is 36.9 Å². The van der Waals surface area contributed by atoms with Gasteiger partial charge in [-0.25, -0.2) is 8.42 Å². The molecule has 1 N–H and O–H groups in total. The molecule has 1 aromatic rings. The van der Waals surface area contributed by atoms with Gasteiger partial charge < -0.3 is 14.8 Å². The fraction of sp³-hybridized carbons (Fsp3) is 0.667. The minimum Gasteiger partial charge on any atom is -0.492 e. The molecular weight excluding hydrogens is 406 g/mol. The smallest absolute Gasteiger partial charge is 0.243 e. The van der Waals surface area contributed by atoms with Crippen LogP contribution in [-0.4, -0.2) is 75.1 Å². The number of nitrogens with one attached hydrogen (secondary N) is 1. The fourth-order valence-electron chi connectivity index (χ4n) is 3.85. The summed E-state index contributed by atoms with van der Waals surface area (Å²) in [5.74, 6) is 0.253. The third-order valence-electron chi connectivity index (χ3n) is 5.63. The summed E-state index contributed by atoms with van der Waals surface area (Å²) < 4.78 is 38.8. The van der Waals surface area contributed by atoms with E-state index in [2.05, 4.69) is 10.2 Å². The Labute approximate surface area is 179 Å². The number of hydrogen-bond donors (Lipinski definition) is 1. The zero-order valence-electron chi connectivity index (χ0n) is 18.1. The molecule has 0 unspecified atom stereocenters. The van der Waals surface area contributed by atoms with Crippen LogP contribution in [0.25, 0.3) is 0 Å². The molecule has 0 aromatic heterocycles. The monoisotopic (exact) mass is 439 g/mol. The maximum absolute atomic E-state index is 13.0. The number of nitrogens with zero attached hydrogens (tertiary/aromatic N) is 2. The summed E-state index contributed by atoms with van der Waals surface area (Å²) in [6.07, 6.45) is 2.79. The van der Waals surface area contributed by atoms with Gasteiger partial charge >= 0.3 is 0 Å². The molecule has 0 bridgehead atoms. The summed E-state index contributed by atoms with van der Waals surface area (Å²) in [6.45, 7) is 9.42. The van der Waals surface area contributed by atoms with Crippen molar-refractivity contribution >= 4 is 21.6 Å². The molecule has 9 heteroatoms. The molecular formula is C21H33N3O5S. The van der Waals surface area contributed by atoms with Crippen LogP contribution in [0.5, 0.6) is 5.75 Å². The highest BCUT2D eigenvalue weighted by molar-refractivity contribution is 7.89. The number of carbonyl (C=O) groups excluding carboxylic acids is 1. The molecule has 3 rings (SSSR count). The van der Waals surface area contributed by atoms with Crippen LogP contribution in [0.1, 0.15) is 40.0 Å². The summed E-state index contributed by atoms with van der Waals surface area (Å²) in [4.78, 5) is 15.0. The maximum atomic E-state index is 13.0. The van der Waals surface area contributed by atoms with Crippen molar-refractivity contribution in [3.05, 3.63) is 18.2 Å². The Morgan fingerprint density at radius 2 is 1.93 bits per heavy atom. The minimum absolute atomic E-state index is 0.176. The molecule has 0 atom stereocenters. The molecule has 2 aliphatic rings. The molecule has 168 valence electrons. The van der Waals surface area contributed by atoms with Crippen LogP contribution >= 0.6 is 0 Å². The van der Waals surface area contributed by atoms with E-state index in [1.165, 1.54) is 10.4 Å². The molecule has 2 fully saturated rings. The average Bonchev–Trinajstić information content (AvgIpc) is 2.71. The topological polar surface area (TPSA) is 88.2 Å². The first kappa shape index (κ1) is 23.0. The van der Waals surface area contributed by atoms with Gasteiger partial charge in [0.15, 0.2) is 0 Å². The Morgan fingerprint density at radius 1 is 1.20 bits per heavy atom. The van der Waals surface area contributed by atoms with Crippen LogP contribution in [0.15, 0.2) is 23.1 Å². The summed E-state index contributed by atoms with van der Waals surface area (Å²) in [6, 6.07) is 4.68. The van der Waals surface area contributed by atoms with Crippen LogP contribution in [0, 0.1) is 0 Å². The van der Waals surface area contributed by atoms with Crippen molar-refractivity contribution < 1.29 is 22.7 Å². The van der Waals surface area contributed by atoms with Gasteiger partial charge in [-0.3, -0.25) is 9.69 Å². The second-order valence-electron chi connectivity index (χ2n) is 8.39. The van der Waals surface area contributed by atoms with Gasteiger partial charge in [-0.2, -0.15) is 4.31 Å². The van der Waals surface area contributed by atoms with Crippen LogP contribution in [0.3, 0.4) is 0 Å². The van der Waals surface area contributed by atoms with E-state index in [0.29, 0.717) is 50.9 Å². The zero-order valence-corrected chi connectivity index (χ0v) is 19.0. The van der Waals surface area contributed by atoms with Crippen LogP contribution in [-0.2, 0) is 19.6 Å². The Bertz CT molecular complexity index is 850. The van der Waals surface area contributed by atoms with Gasteiger partial charge in [-0.1, -0.05) is 6.42 Å². The summed E-state index contributed by atoms with van der Waals surface area (Å²) in [5, 5.41) is 2.87. The number of morpholine rings is 1. The van der Waals surface area contributed by atoms with Gasteiger partial charge in [-0.15, -0.1) is 0 Å². The molecule has 1 aromatic carbocycles. The van der Waals surface area contributed by atoms with Crippen LogP contribution in [0.2, 0.25) is 0 Å². The number of anilines is 1. The Balaban J connectivity index is 1.80. The molecule has 0 radical (unpaired) electrons. The van der Waals surface area contributed by atoms with Crippen molar-refractivity contribution in [3.63, 3.8) is 0 Å². The highest BCUT2D eigenvalue weighted by Crippen LogP contribution is 2.30. The van der Waals surface area contributed by atoms with Crippen LogP contribution in [0.4, 0.5) is 5.69 Å². The van der Waals surface area contributed by atoms with E-state index in [4.69, 9.17) is 9.47 Å². The Kier molecular flexibility index (Phi) is 7.38. The Hall–Kier alpha value is -1.68. The highest BCUT2D eigenvalue weighted by Gasteiger charge is 2.32.